The van der Waals surface area contributed by atoms with Crippen LogP contribution in [0.25, 0.3) is 0 Å². The number of methoxy groups -OCH3 is 1. The Kier molecular flexibility index (Phi) is 7.65. The van der Waals surface area contributed by atoms with Crippen LogP contribution in [0.5, 0.6) is 5.75 Å². The van der Waals surface area contributed by atoms with Gasteiger partial charge in [-0.15, -0.1) is 0 Å². The standard InChI is InChI=1S/C24H30N2O5/c1-16-13-26(14-17(2)30-16)15-19-9-11-20(12-10-19)24(28)31-18(3)23(27)25-21-7-5-6-8-22(21)29-4/h5-12,16-18H,13-15H2,1-4H3,(H,25,27). The molecule has 31 heavy (non-hydrogen) atoms. The van der Waals surface area contributed by atoms with Crippen molar-refractivity contribution in [3.8, 4) is 5.75 Å². The van der Waals surface area contributed by atoms with Gasteiger partial charge in [0.25, 0.3) is 5.91 Å². The number of para-hydroxylation sites is 2. The molecule has 1 amide bonds. The Balaban J connectivity index is 1.54. The number of nitrogens with one attached hydrogen (secondary N) is 1. The van der Waals surface area contributed by atoms with Gasteiger partial charge in [-0.05, 0) is 50.6 Å². The number of hydrogen-bond acceptors (Lipinski definition) is 6. The van der Waals surface area contributed by atoms with Gasteiger partial charge in [-0.1, -0.05) is 24.3 Å². The predicted octanol–water partition coefficient (Wildman–Crippen LogP) is 3.49. The number of amides is 1. The average molecular weight is 427 g/mol. The maximum atomic E-state index is 12.5. The topological polar surface area (TPSA) is 77.1 Å². The highest BCUT2D eigenvalue weighted by Gasteiger charge is 2.23. The zero-order valence-corrected chi connectivity index (χ0v) is 18.5. The van der Waals surface area contributed by atoms with E-state index in [2.05, 4.69) is 24.1 Å². The van der Waals surface area contributed by atoms with E-state index in [1.54, 1.807) is 30.3 Å². The van der Waals surface area contributed by atoms with Crippen LogP contribution in [0.3, 0.4) is 0 Å². The molecule has 1 aliphatic rings. The minimum Gasteiger partial charge on any atom is -0.495 e. The molecule has 0 bridgehead atoms. The molecule has 1 aliphatic heterocycles. The molecule has 7 nitrogen and oxygen atoms in total. The molecule has 2 aromatic rings. The smallest absolute Gasteiger partial charge is 0.338 e. The highest BCUT2D eigenvalue weighted by Crippen LogP contribution is 2.23. The van der Waals surface area contributed by atoms with E-state index in [0.717, 1.165) is 25.2 Å². The Labute approximate surface area is 183 Å². The molecule has 3 unspecified atom stereocenters. The van der Waals surface area contributed by atoms with Crippen LogP contribution in [-0.2, 0) is 20.8 Å². The lowest BCUT2D eigenvalue weighted by molar-refractivity contribution is -0.123. The molecule has 3 rings (SSSR count). The number of ether oxygens (including phenoxy) is 3. The molecule has 1 N–H and O–H groups in total. The summed E-state index contributed by atoms with van der Waals surface area (Å²) in [5.74, 6) is -0.429. The quantitative estimate of drug-likeness (QED) is 0.683. The number of rotatable bonds is 7. The first-order valence-electron chi connectivity index (χ1n) is 10.5. The molecule has 0 saturated carbocycles. The normalized spacial score (nSPS) is 20.0. The molecule has 1 fully saturated rings. The lowest BCUT2D eigenvalue weighted by Crippen LogP contribution is -2.44. The van der Waals surface area contributed by atoms with Gasteiger partial charge in [0.15, 0.2) is 6.10 Å². The summed E-state index contributed by atoms with van der Waals surface area (Å²) >= 11 is 0. The van der Waals surface area contributed by atoms with E-state index >= 15 is 0 Å². The van der Waals surface area contributed by atoms with Crippen LogP contribution < -0.4 is 10.1 Å². The second-order valence-corrected chi connectivity index (χ2v) is 7.89. The van der Waals surface area contributed by atoms with E-state index in [1.165, 1.54) is 14.0 Å². The first-order chi connectivity index (χ1) is 14.9. The van der Waals surface area contributed by atoms with Crippen molar-refractivity contribution in [2.24, 2.45) is 0 Å². The van der Waals surface area contributed by atoms with Gasteiger partial charge < -0.3 is 19.5 Å². The van der Waals surface area contributed by atoms with E-state index in [4.69, 9.17) is 14.2 Å². The van der Waals surface area contributed by atoms with Gasteiger partial charge in [-0.3, -0.25) is 9.69 Å². The first-order valence-corrected chi connectivity index (χ1v) is 10.5. The second kappa shape index (κ2) is 10.4. The van der Waals surface area contributed by atoms with Crippen LogP contribution >= 0.6 is 0 Å². The van der Waals surface area contributed by atoms with Gasteiger partial charge in [0.05, 0.1) is 30.6 Å². The number of anilines is 1. The lowest BCUT2D eigenvalue weighted by atomic mass is 10.1. The summed E-state index contributed by atoms with van der Waals surface area (Å²) < 4.78 is 16.3. The summed E-state index contributed by atoms with van der Waals surface area (Å²) in [4.78, 5) is 27.2. The van der Waals surface area contributed by atoms with Crippen molar-refractivity contribution in [1.29, 1.82) is 0 Å². The number of esters is 1. The maximum Gasteiger partial charge on any atom is 0.338 e. The van der Waals surface area contributed by atoms with Crippen LogP contribution in [0.4, 0.5) is 5.69 Å². The molecule has 0 spiro atoms. The Morgan fingerprint density at radius 2 is 1.74 bits per heavy atom. The number of nitrogens with zero attached hydrogens (tertiary/aromatic N) is 1. The largest absolute Gasteiger partial charge is 0.495 e. The van der Waals surface area contributed by atoms with Crippen LogP contribution in [0, 0.1) is 0 Å². The number of benzene rings is 2. The Morgan fingerprint density at radius 3 is 2.39 bits per heavy atom. The Morgan fingerprint density at radius 1 is 1.10 bits per heavy atom. The molecule has 0 aliphatic carbocycles. The fraction of sp³-hybridized carbons (Fsp3) is 0.417. The number of carbonyl (C=O) groups is 2. The van der Waals surface area contributed by atoms with Gasteiger partial charge >= 0.3 is 5.97 Å². The SMILES string of the molecule is COc1ccccc1NC(=O)C(C)OC(=O)c1ccc(CN2CC(C)OC(C)C2)cc1. The molecule has 3 atom stereocenters. The molecule has 1 saturated heterocycles. The van der Waals surface area contributed by atoms with Crippen molar-refractivity contribution in [3.05, 3.63) is 59.7 Å². The lowest BCUT2D eigenvalue weighted by Gasteiger charge is -2.35. The highest BCUT2D eigenvalue weighted by atomic mass is 16.5. The summed E-state index contributed by atoms with van der Waals surface area (Å²) in [5, 5.41) is 2.72. The van der Waals surface area contributed by atoms with Crippen LogP contribution in [0.1, 0.15) is 36.7 Å². The molecule has 7 heteroatoms. The number of morpholine rings is 1. The van der Waals surface area contributed by atoms with Gasteiger partial charge in [0.1, 0.15) is 5.75 Å². The third-order valence-electron chi connectivity index (χ3n) is 5.11. The van der Waals surface area contributed by atoms with E-state index in [0.29, 0.717) is 17.0 Å². The van der Waals surface area contributed by atoms with Crippen molar-refractivity contribution in [1.82, 2.24) is 4.90 Å². The fourth-order valence-corrected chi connectivity index (χ4v) is 3.68. The third-order valence-corrected chi connectivity index (χ3v) is 5.11. The van der Waals surface area contributed by atoms with Crippen LogP contribution in [0.2, 0.25) is 0 Å². The molecule has 2 aromatic carbocycles. The summed E-state index contributed by atoms with van der Waals surface area (Å²) in [5.41, 5.74) is 2.04. The molecule has 1 heterocycles. The van der Waals surface area contributed by atoms with E-state index in [-0.39, 0.29) is 12.2 Å². The number of carbonyl (C=O) groups excluding carboxylic acids is 2. The molecular weight excluding hydrogens is 396 g/mol. The summed E-state index contributed by atoms with van der Waals surface area (Å²) in [6.07, 6.45) is -0.531. The van der Waals surface area contributed by atoms with Gasteiger partial charge in [-0.2, -0.15) is 0 Å². The zero-order chi connectivity index (χ0) is 22.4. The maximum absolute atomic E-state index is 12.5. The highest BCUT2D eigenvalue weighted by molar-refractivity contribution is 5.98. The monoisotopic (exact) mass is 426 g/mol. The molecular formula is C24H30N2O5. The van der Waals surface area contributed by atoms with Crippen molar-refractivity contribution in [2.45, 2.75) is 45.6 Å². The molecule has 0 radical (unpaired) electrons. The van der Waals surface area contributed by atoms with Crippen molar-refractivity contribution >= 4 is 17.6 Å². The summed E-state index contributed by atoms with van der Waals surface area (Å²) in [6.45, 7) is 8.25. The van der Waals surface area contributed by atoms with Gasteiger partial charge in [-0.25, -0.2) is 4.79 Å². The second-order valence-electron chi connectivity index (χ2n) is 7.89. The van der Waals surface area contributed by atoms with Crippen molar-refractivity contribution in [2.75, 3.05) is 25.5 Å². The van der Waals surface area contributed by atoms with Crippen LogP contribution in [-0.4, -0.2) is 55.3 Å². The summed E-state index contributed by atoms with van der Waals surface area (Å²) in [7, 11) is 1.53. The number of hydrogen-bond donors (Lipinski definition) is 1. The molecule has 0 aromatic heterocycles. The molecule has 166 valence electrons. The predicted molar refractivity (Wildman–Crippen MR) is 118 cm³/mol. The van der Waals surface area contributed by atoms with E-state index in [9.17, 15) is 9.59 Å². The zero-order valence-electron chi connectivity index (χ0n) is 18.5. The minimum absolute atomic E-state index is 0.210. The fourth-order valence-electron chi connectivity index (χ4n) is 3.68. The van der Waals surface area contributed by atoms with E-state index < -0.39 is 18.0 Å². The Hall–Kier alpha value is -2.90. The van der Waals surface area contributed by atoms with E-state index in [1.807, 2.05) is 18.2 Å². The van der Waals surface area contributed by atoms with Gasteiger partial charge in [0, 0.05) is 19.6 Å². The van der Waals surface area contributed by atoms with Crippen molar-refractivity contribution < 1.29 is 23.8 Å². The Bertz CT molecular complexity index is 889. The van der Waals surface area contributed by atoms with Gasteiger partial charge in [0.2, 0.25) is 0 Å². The average Bonchev–Trinajstić information content (AvgIpc) is 2.73. The van der Waals surface area contributed by atoms with Crippen molar-refractivity contribution in [3.63, 3.8) is 0 Å². The summed E-state index contributed by atoms with van der Waals surface area (Å²) in [6, 6.07) is 14.4. The van der Waals surface area contributed by atoms with Crippen LogP contribution in [0.15, 0.2) is 48.5 Å². The minimum atomic E-state index is -0.951. The third kappa shape index (κ3) is 6.29. The first kappa shape index (κ1) is 22.8.